The normalized spacial score (nSPS) is 24.5. The molecule has 1 heterocycles. The average molecular weight is 248 g/mol. The Labute approximate surface area is 106 Å². The van der Waals surface area contributed by atoms with Crippen molar-refractivity contribution in [2.75, 3.05) is 19.8 Å². The fourth-order valence-corrected chi connectivity index (χ4v) is 2.13. The lowest BCUT2D eigenvalue weighted by molar-refractivity contribution is 0.0471. The van der Waals surface area contributed by atoms with Crippen LogP contribution >= 0.6 is 0 Å². The second-order valence-corrected chi connectivity index (χ2v) is 4.90. The number of hydrogen-bond donors (Lipinski definition) is 0. The van der Waals surface area contributed by atoms with Crippen molar-refractivity contribution in [3.05, 3.63) is 23.8 Å². The maximum atomic E-state index is 12.0. The maximum Gasteiger partial charge on any atom is 0.342 e. The minimum absolute atomic E-state index is 0.323. The van der Waals surface area contributed by atoms with Gasteiger partial charge in [-0.3, -0.25) is 0 Å². The summed E-state index contributed by atoms with van der Waals surface area (Å²) in [6, 6.07) is 5.30. The highest BCUT2D eigenvalue weighted by Gasteiger charge is 2.34. The van der Waals surface area contributed by atoms with E-state index in [-0.39, 0.29) is 5.97 Å². The fraction of sp³-hybridized carbons (Fsp3) is 0.500. The van der Waals surface area contributed by atoms with Crippen molar-refractivity contribution in [2.24, 2.45) is 11.8 Å². The first-order valence-corrected chi connectivity index (χ1v) is 6.31. The van der Waals surface area contributed by atoms with E-state index in [0.717, 1.165) is 6.42 Å². The summed E-state index contributed by atoms with van der Waals surface area (Å²) in [5.74, 6) is 2.03. The quantitative estimate of drug-likeness (QED) is 0.770. The number of carbonyl (C=O) groups is 1. The summed E-state index contributed by atoms with van der Waals surface area (Å²) in [4.78, 5) is 12.0. The number of esters is 1. The largest absolute Gasteiger partial charge is 0.486 e. The second kappa shape index (κ2) is 4.52. The number of fused-ring (bicyclic) bond motifs is 1. The molecule has 2 unspecified atom stereocenters. The van der Waals surface area contributed by atoms with E-state index in [0.29, 0.717) is 48.7 Å². The van der Waals surface area contributed by atoms with E-state index < -0.39 is 0 Å². The third-order valence-electron chi connectivity index (χ3n) is 3.49. The summed E-state index contributed by atoms with van der Waals surface area (Å²) in [6.07, 6.45) is 1.15. The Kier molecular flexibility index (Phi) is 2.86. The standard InChI is InChI=1S/C14H16O4/c1-9-7-10(9)8-18-14(15)11-3-2-4-12-13(11)17-6-5-16-12/h2-4,9-10H,5-8H2,1H3. The van der Waals surface area contributed by atoms with Crippen molar-refractivity contribution < 1.29 is 19.0 Å². The minimum Gasteiger partial charge on any atom is -0.486 e. The molecule has 4 nitrogen and oxygen atoms in total. The van der Waals surface area contributed by atoms with E-state index in [1.165, 1.54) is 0 Å². The third-order valence-corrected chi connectivity index (χ3v) is 3.49. The van der Waals surface area contributed by atoms with Crippen LogP contribution in [0.4, 0.5) is 0 Å². The Morgan fingerprint density at radius 3 is 2.94 bits per heavy atom. The minimum atomic E-state index is -0.323. The van der Waals surface area contributed by atoms with Gasteiger partial charge < -0.3 is 14.2 Å². The van der Waals surface area contributed by atoms with Gasteiger partial charge >= 0.3 is 5.97 Å². The lowest BCUT2D eigenvalue weighted by Crippen LogP contribution is -2.18. The molecule has 1 fully saturated rings. The van der Waals surface area contributed by atoms with Gasteiger partial charge in [-0.05, 0) is 30.4 Å². The van der Waals surface area contributed by atoms with Crippen molar-refractivity contribution in [1.82, 2.24) is 0 Å². The van der Waals surface area contributed by atoms with Gasteiger partial charge in [-0.15, -0.1) is 0 Å². The Morgan fingerprint density at radius 2 is 2.17 bits per heavy atom. The predicted molar refractivity (Wildman–Crippen MR) is 65.0 cm³/mol. The Bertz CT molecular complexity index is 469. The van der Waals surface area contributed by atoms with Gasteiger partial charge in [0.1, 0.15) is 18.8 Å². The molecule has 0 saturated heterocycles. The van der Waals surface area contributed by atoms with Gasteiger partial charge in [0.15, 0.2) is 11.5 Å². The monoisotopic (exact) mass is 248 g/mol. The molecule has 1 saturated carbocycles. The van der Waals surface area contributed by atoms with Crippen LogP contribution in [0, 0.1) is 11.8 Å². The van der Waals surface area contributed by atoms with Crippen LogP contribution in [0.2, 0.25) is 0 Å². The highest BCUT2D eigenvalue weighted by atomic mass is 16.6. The molecule has 0 N–H and O–H groups in total. The third kappa shape index (κ3) is 2.15. The van der Waals surface area contributed by atoms with Crippen LogP contribution in [-0.2, 0) is 4.74 Å². The average Bonchev–Trinajstić information content (AvgIpc) is 3.11. The first-order valence-electron chi connectivity index (χ1n) is 6.31. The van der Waals surface area contributed by atoms with Crippen LogP contribution in [0.15, 0.2) is 18.2 Å². The maximum absolute atomic E-state index is 12.0. The predicted octanol–water partition coefficient (Wildman–Crippen LogP) is 2.27. The molecule has 4 heteroatoms. The molecule has 1 aliphatic heterocycles. The highest BCUT2D eigenvalue weighted by Crippen LogP contribution is 2.38. The summed E-state index contributed by atoms with van der Waals surface area (Å²) >= 11 is 0. The van der Waals surface area contributed by atoms with Crippen LogP contribution in [-0.4, -0.2) is 25.8 Å². The first-order chi connectivity index (χ1) is 8.75. The molecule has 2 aliphatic rings. The molecular weight excluding hydrogens is 232 g/mol. The number of rotatable bonds is 3. The van der Waals surface area contributed by atoms with Gasteiger partial charge in [0.05, 0.1) is 6.61 Å². The molecule has 1 aromatic rings. The Hall–Kier alpha value is -1.71. The molecule has 1 aromatic carbocycles. The van der Waals surface area contributed by atoms with E-state index in [4.69, 9.17) is 14.2 Å². The van der Waals surface area contributed by atoms with Crippen molar-refractivity contribution >= 4 is 5.97 Å². The number of benzene rings is 1. The smallest absolute Gasteiger partial charge is 0.342 e. The van der Waals surface area contributed by atoms with Gasteiger partial charge in [0, 0.05) is 0 Å². The number of para-hydroxylation sites is 1. The van der Waals surface area contributed by atoms with Crippen molar-refractivity contribution in [3.8, 4) is 11.5 Å². The van der Waals surface area contributed by atoms with Crippen LogP contribution in [0.5, 0.6) is 11.5 Å². The molecular formula is C14H16O4. The summed E-state index contributed by atoms with van der Waals surface area (Å²) in [5, 5.41) is 0. The van der Waals surface area contributed by atoms with Crippen molar-refractivity contribution in [1.29, 1.82) is 0 Å². The molecule has 0 amide bonds. The topological polar surface area (TPSA) is 44.8 Å². The number of hydrogen-bond acceptors (Lipinski definition) is 4. The first kappa shape index (κ1) is 11.4. The molecule has 0 spiro atoms. The lowest BCUT2D eigenvalue weighted by Gasteiger charge is -2.20. The fourth-order valence-electron chi connectivity index (χ4n) is 2.13. The number of carbonyl (C=O) groups excluding carboxylic acids is 1. The lowest BCUT2D eigenvalue weighted by atomic mass is 10.2. The SMILES string of the molecule is CC1CC1COC(=O)c1cccc2c1OCCO2. The molecule has 1 aliphatic carbocycles. The van der Waals surface area contributed by atoms with Crippen LogP contribution in [0.1, 0.15) is 23.7 Å². The van der Waals surface area contributed by atoms with Crippen LogP contribution in [0.3, 0.4) is 0 Å². The zero-order valence-electron chi connectivity index (χ0n) is 10.3. The van der Waals surface area contributed by atoms with E-state index in [9.17, 15) is 4.79 Å². The van der Waals surface area contributed by atoms with Crippen molar-refractivity contribution in [3.63, 3.8) is 0 Å². The van der Waals surface area contributed by atoms with Gasteiger partial charge in [0.2, 0.25) is 0 Å². The van der Waals surface area contributed by atoms with E-state index in [1.54, 1.807) is 18.2 Å². The van der Waals surface area contributed by atoms with Crippen LogP contribution in [0.25, 0.3) is 0 Å². The Balaban J connectivity index is 1.72. The molecule has 0 bridgehead atoms. The van der Waals surface area contributed by atoms with E-state index >= 15 is 0 Å². The van der Waals surface area contributed by atoms with Gasteiger partial charge in [-0.2, -0.15) is 0 Å². The molecule has 2 atom stereocenters. The summed E-state index contributed by atoms with van der Waals surface area (Å²) in [6.45, 7) is 3.66. The molecule has 0 aromatic heterocycles. The van der Waals surface area contributed by atoms with Gasteiger partial charge in [-0.25, -0.2) is 4.79 Å². The summed E-state index contributed by atoms with van der Waals surface area (Å²) < 4.78 is 16.2. The summed E-state index contributed by atoms with van der Waals surface area (Å²) in [7, 11) is 0. The molecule has 96 valence electrons. The van der Waals surface area contributed by atoms with Crippen LogP contribution < -0.4 is 9.47 Å². The summed E-state index contributed by atoms with van der Waals surface area (Å²) in [5.41, 5.74) is 0.459. The van der Waals surface area contributed by atoms with E-state index in [1.807, 2.05) is 0 Å². The number of ether oxygens (including phenoxy) is 3. The Morgan fingerprint density at radius 1 is 1.39 bits per heavy atom. The van der Waals surface area contributed by atoms with Gasteiger partial charge in [0.25, 0.3) is 0 Å². The second-order valence-electron chi connectivity index (χ2n) is 4.90. The van der Waals surface area contributed by atoms with Crippen molar-refractivity contribution in [2.45, 2.75) is 13.3 Å². The van der Waals surface area contributed by atoms with E-state index in [2.05, 4.69) is 6.92 Å². The van der Waals surface area contributed by atoms with Gasteiger partial charge in [-0.1, -0.05) is 13.0 Å². The zero-order valence-corrected chi connectivity index (χ0v) is 10.3. The molecule has 0 radical (unpaired) electrons. The molecule has 18 heavy (non-hydrogen) atoms. The zero-order chi connectivity index (χ0) is 12.5. The highest BCUT2D eigenvalue weighted by molar-refractivity contribution is 5.93. The molecule has 3 rings (SSSR count).